The number of rotatable bonds is 12. The van der Waals surface area contributed by atoms with Gasteiger partial charge in [-0.15, -0.1) is 0 Å². The molecule has 6 nitrogen and oxygen atoms in total. The second kappa shape index (κ2) is 13.8. The summed E-state index contributed by atoms with van der Waals surface area (Å²) in [7, 11) is 1.58. The number of nitrogens with zero attached hydrogens (tertiary/aromatic N) is 1. The van der Waals surface area contributed by atoms with Crippen molar-refractivity contribution in [3.63, 3.8) is 0 Å². The van der Waals surface area contributed by atoms with Gasteiger partial charge >= 0.3 is 5.97 Å². The normalized spacial score (nSPS) is 12.4. The number of hydrogen-bond donors (Lipinski definition) is 2. The molecule has 0 aliphatic heterocycles. The van der Waals surface area contributed by atoms with Crippen LogP contribution in [0, 0.1) is 11.3 Å². The second-order valence-corrected chi connectivity index (χ2v) is 4.87. The molecule has 0 saturated carbocycles. The van der Waals surface area contributed by atoms with Crippen molar-refractivity contribution < 1.29 is 19.4 Å². The lowest BCUT2D eigenvalue weighted by Crippen LogP contribution is -2.16. The van der Waals surface area contributed by atoms with Gasteiger partial charge in [-0.3, -0.25) is 0 Å². The van der Waals surface area contributed by atoms with Crippen molar-refractivity contribution in [2.45, 2.75) is 39.5 Å². The minimum atomic E-state index is -0.595. The van der Waals surface area contributed by atoms with Crippen molar-refractivity contribution in [2.24, 2.45) is 0 Å². The third-order valence-corrected chi connectivity index (χ3v) is 3.16. The number of methoxy groups -OCH3 is 1. The highest BCUT2D eigenvalue weighted by atomic mass is 16.5. The van der Waals surface area contributed by atoms with Crippen molar-refractivity contribution in [1.82, 2.24) is 5.32 Å². The van der Waals surface area contributed by atoms with Gasteiger partial charge in [-0.1, -0.05) is 13.8 Å². The molecule has 0 aliphatic carbocycles. The maximum Gasteiger partial charge on any atom is 0.349 e. The topological polar surface area (TPSA) is 91.6 Å². The van der Waals surface area contributed by atoms with Crippen LogP contribution in [0.3, 0.4) is 0 Å². The molecule has 0 amide bonds. The molecule has 0 atom stereocenters. The van der Waals surface area contributed by atoms with Gasteiger partial charge in [0, 0.05) is 39.0 Å². The molecule has 0 rings (SSSR count). The number of aliphatic hydroxyl groups is 1. The molecule has 0 heterocycles. The zero-order valence-corrected chi connectivity index (χ0v) is 14.4. The molecule has 0 aromatic heterocycles. The first-order valence-corrected chi connectivity index (χ1v) is 7.99. The predicted molar refractivity (Wildman–Crippen MR) is 88.5 cm³/mol. The molecule has 0 fully saturated rings. The number of hydrogen-bond acceptors (Lipinski definition) is 6. The number of carbonyl (C=O) groups excluding carboxylic acids is 1. The molecule has 0 bridgehead atoms. The molecular formula is C17H28N2O4. The Kier molecular flexibility index (Phi) is 12.7. The zero-order chi connectivity index (χ0) is 17.5. The molecule has 130 valence electrons. The van der Waals surface area contributed by atoms with E-state index in [-0.39, 0.29) is 18.8 Å². The lowest BCUT2D eigenvalue weighted by atomic mass is 10.0. The van der Waals surface area contributed by atoms with E-state index >= 15 is 0 Å². The first-order chi connectivity index (χ1) is 11.1. The zero-order valence-electron chi connectivity index (χ0n) is 14.4. The third-order valence-electron chi connectivity index (χ3n) is 3.16. The van der Waals surface area contributed by atoms with E-state index in [1.807, 2.05) is 26.0 Å². The van der Waals surface area contributed by atoms with Crippen LogP contribution >= 0.6 is 0 Å². The summed E-state index contributed by atoms with van der Waals surface area (Å²) in [4.78, 5) is 12.0. The lowest BCUT2D eigenvalue weighted by molar-refractivity contribution is -0.138. The second-order valence-electron chi connectivity index (χ2n) is 4.87. The van der Waals surface area contributed by atoms with Crippen molar-refractivity contribution in [1.29, 1.82) is 5.26 Å². The fraction of sp³-hybridized carbons (Fsp3) is 0.647. The quantitative estimate of drug-likeness (QED) is 0.188. The summed E-state index contributed by atoms with van der Waals surface area (Å²) in [5.41, 5.74) is 1.62. The van der Waals surface area contributed by atoms with E-state index < -0.39 is 5.97 Å². The van der Waals surface area contributed by atoms with E-state index in [0.717, 1.165) is 12.1 Å². The summed E-state index contributed by atoms with van der Waals surface area (Å²) in [5.74, 6) is -0.595. The van der Waals surface area contributed by atoms with E-state index in [2.05, 4.69) is 5.32 Å². The summed E-state index contributed by atoms with van der Waals surface area (Å²) >= 11 is 0. The van der Waals surface area contributed by atoms with Crippen LogP contribution in [0.25, 0.3) is 0 Å². The summed E-state index contributed by atoms with van der Waals surface area (Å²) in [6, 6.07) is 1.95. The minimum absolute atomic E-state index is 0.0415. The molecule has 0 unspecified atom stereocenters. The molecule has 0 spiro atoms. The van der Waals surface area contributed by atoms with Gasteiger partial charge in [-0.05, 0) is 30.9 Å². The summed E-state index contributed by atoms with van der Waals surface area (Å²) in [5, 5.41) is 21.3. The van der Waals surface area contributed by atoms with Crippen molar-refractivity contribution in [3.05, 3.63) is 22.9 Å². The molecule has 0 aromatic rings. The number of esters is 1. The van der Waals surface area contributed by atoms with Gasteiger partial charge in [0.15, 0.2) is 0 Å². The Bertz CT molecular complexity index is 450. The van der Waals surface area contributed by atoms with Gasteiger partial charge in [0.1, 0.15) is 11.6 Å². The monoisotopic (exact) mass is 324 g/mol. The standard InChI is InChI=1S/C17H28N2O4/c1-4-14(12-15(5-2)19-8-6-9-20)16(13-18)17(21)23-11-7-10-22-3/h12,19-20H,4-11H2,1-3H3/b15-12+,16-14-. The van der Waals surface area contributed by atoms with E-state index in [0.29, 0.717) is 38.0 Å². The fourth-order valence-electron chi connectivity index (χ4n) is 1.86. The number of aliphatic hydroxyl groups excluding tert-OH is 1. The van der Waals surface area contributed by atoms with E-state index in [1.54, 1.807) is 7.11 Å². The maximum absolute atomic E-state index is 12.0. The Morgan fingerprint density at radius 1 is 1.26 bits per heavy atom. The lowest BCUT2D eigenvalue weighted by Gasteiger charge is -2.11. The summed E-state index contributed by atoms with van der Waals surface area (Å²) in [6.07, 6.45) is 4.38. The van der Waals surface area contributed by atoms with E-state index in [9.17, 15) is 10.1 Å². The highest BCUT2D eigenvalue weighted by Crippen LogP contribution is 2.15. The summed E-state index contributed by atoms with van der Waals surface area (Å²) < 4.78 is 10.0. The molecule has 23 heavy (non-hydrogen) atoms. The maximum atomic E-state index is 12.0. The Labute approximate surface area is 138 Å². The van der Waals surface area contributed by atoms with Crippen molar-refractivity contribution >= 4 is 5.97 Å². The number of ether oxygens (including phenoxy) is 2. The van der Waals surface area contributed by atoms with Gasteiger partial charge in [0.25, 0.3) is 0 Å². The number of carbonyl (C=O) groups is 1. The summed E-state index contributed by atoms with van der Waals surface area (Å²) in [6.45, 7) is 5.39. The number of allylic oxidation sites excluding steroid dienone is 3. The van der Waals surface area contributed by atoms with Gasteiger partial charge in [0.2, 0.25) is 0 Å². The number of nitrogens with one attached hydrogen (secondary N) is 1. The van der Waals surface area contributed by atoms with Gasteiger partial charge in [-0.25, -0.2) is 4.79 Å². The van der Waals surface area contributed by atoms with Crippen LogP contribution in [0.1, 0.15) is 39.5 Å². The smallest absolute Gasteiger partial charge is 0.349 e. The Hall–Kier alpha value is -1.84. The van der Waals surface area contributed by atoms with Crippen LogP contribution in [0.5, 0.6) is 0 Å². The SMILES string of the molecule is CCC(/C=C(\CC)NCCCO)=C(\C#N)C(=O)OCCCOC. The molecular weight excluding hydrogens is 296 g/mol. The Balaban J connectivity index is 5.01. The first-order valence-electron chi connectivity index (χ1n) is 7.99. The third kappa shape index (κ3) is 9.01. The number of nitriles is 1. The molecule has 2 N–H and O–H groups in total. The Morgan fingerprint density at radius 3 is 2.52 bits per heavy atom. The largest absolute Gasteiger partial charge is 0.461 e. The highest BCUT2D eigenvalue weighted by molar-refractivity contribution is 5.94. The Morgan fingerprint density at radius 2 is 2.00 bits per heavy atom. The van der Waals surface area contributed by atoms with Crippen LogP contribution < -0.4 is 5.32 Å². The van der Waals surface area contributed by atoms with Crippen LogP contribution in [-0.2, 0) is 14.3 Å². The molecule has 0 saturated heterocycles. The molecule has 0 radical (unpaired) electrons. The minimum Gasteiger partial charge on any atom is -0.461 e. The average Bonchev–Trinajstić information content (AvgIpc) is 2.57. The van der Waals surface area contributed by atoms with Crippen molar-refractivity contribution in [2.75, 3.05) is 33.5 Å². The first kappa shape index (κ1) is 21.2. The average molecular weight is 324 g/mol. The predicted octanol–water partition coefficient (Wildman–Crippen LogP) is 2.06. The van der Waals surface area contributed by atoms with Gasteiger partial charge in [0.05, 0.1) is 6.61 Å². The van der Waals surface area contributed by atoms with E-state index in [4.69, 9.17) is 14.6 Å². The van der Waals surface area contributed by atoms with Crippen LogP contribution in [0.4, 0.5) is 0 Å². The highest BCUT2D eigenvalue weighted by Gasteiger charge is 2.15. The van der Waals surface area contributed by atoms with Crippen LogP contribution in [0.2, 0.25) is 0 Å². The molecule has 6 heteroatoms. The van der Waals surface area contributed by atoms with Crippen LogP contribution in [-0.4, -0.2) is 44.6 Å². The fourth-order valence-corrected chi connectivity index (χ4v) is 1.86. The van der Waals surface area contributed by atoms with Crippen LogP contribution in [0.15, 0.2) is 22.9 Å². The molecule has 0 aliphatic rings. The van der Waals surface area contributed by atoms with Gasteiger partial charge < -0.3 is 19.9 Å². The van der Waals surface area contributed by atoms with E-state index in [1.165, 1.54) is 0 Å². The van der Waals surface area contributed by atoms with Crippen molar-refractivity contribution in [3.8, 4) is 6.07 Å². The molecule has 0 aromatic carbocycles. The van der Waals surface area contributed by atoms with Gasteiger partial charge in [-0.2, -0.15) is 5.26 Å².